The van der Waals surface area contributed by atoms with Gasteiger partial charge in [0.25, 0.3) is 0 Å². The number of benzene rings is 2. The SMILES string of the molecule is Nc1nccn2c(-c3cccc(NC(=O)Nc4ccccc4)c3)cnc12. The zero-order chi connectivity index (χ0) is 17.9. The van der Waals surface area contributed by atoms with Crippen molar-refractivity contribution in [2.24, 2.45) is 0 Å². The molecule has 0 aliphatic carbocycles. The minimum atomic E-state index is -0.306. The van der Waals surface area contributed by atoms with Crippen LogP contribution in [-0.2, 0) is 0 Å². The topological polar surface area (TPSA) is 97.3 Å². The molecule has 0 aliphatic heterocycles. The zero-order valence-corrected chi connectivity index (χ0v) is 13.8. The molecule has 7 nitrogen and oxygen atoms in total. The second-order valence-electron chi connectivity index (χ2n) is 5.68. The Kier molecular flexibility index (Phi) is 3.95. The number of hydrogen-bond donors (Lipinski definition) is 3. The number of fused-ring (bicyclic) bond motifs is 1. The van der Waals surface area contributed by atoms with Crippen molar-refractivity contribution in [2.75, 3.05) is 16.4 Å². The predicted molar refractivity (Wildman–Crippen MR) is 102 cm³/mol. The van der Waals surface area contributed by atoms with Crippen molar-refractivity contribution in [3.63, 3.8) is 0 Å². The van der Waals surface area contributed by atoms with Gasteiger partial charge < -0.3 is 16.4 Å². The van der Waals surface area contributed by atoms with Crippen LogP contribution in [0.3, 0.4) is 0 Å². The highest BCUT2D eigenvalue weighted by molar-refractivity contribution is 6.00. The van der Waals surface area contributed by atoms with E-state index in [0.717, 1.165) is 16.9 Å². The monoisotopic (exact) mass is 344 g/mol. The van der Waals surface area contributed by atoms with Crippen molar-refractivity contribution in [1.29, 1.82) is 0 Å². The smallest absolute Gasteiger partial charge is 0.323 e. The number of rotatable bonds is 3. The van der Waals surface area contributed by atoms with Crippen molar-refractivity contribution < 1.29 is 4.79 Å². The van der Waals surface area contributed by atoms with Crippen molar-refractivity contribution in [3.8, 4) is 11.3 Å². The van der Waals surface area contributed by atoms with Crippen LogP contribution in [0.1, 0.15) is 0 Å². The Labute approximate surface area is 149 Å². The maximum absolute atomic E-state index is 12.2. The van der Waals surface area contributed by atoms with Crippen LogP contribution >= 0.6 is 0 Å². The van der Waals surface area contributed by atoms with Gasteiger partial charge in [0.15, 0.2) is 11.5 Å². The van der Waals surface area contributed by atoms with E-state index in [1.807, 2.05) is 59.0 Å². The standard InChI is InChI=1S/C19H16N6O/c20-17-18-22-12-16(25(18)10-9-21-17)13-5-4-8-15(11-13)24-19(26)23-14-6-2-1-3-7-14/h1-12H,(H2,20,21)(H2,23,24,26). The maximum Gasteiger partial charge on any atom is 0.323 e. The number of anilines is 3. The first-order chi connectivity index (χ1) is 12.7. The quantitative estimate of drug-likeness (QED) is 0.529. The van der Waals surface area contributed by atoms with E-state index in [-0.39, 0.29) is 6.03 Å². The highest BCUT2D eigenvalue weighted by Crippen LogP contribution is 2.25. The van der Waals surface area contributed by atoms with Gasteiger partial charge in [-0.3, -0.25) is 4.40 Å². The lowest BCUT2D eigenvalue weighted by Crippen LogP contribution is -2.19. The van der Waals surface area contributed by atoms with Crippen LogP contribution < -0.4 is 16.4 Å². The fourth-order valence-electron chi connectivity index (χ4n) is 2.72. The highest BCUT2D eigenvalue weighted by Gasteiger charge is 2.10. The molecule has 26 heavy (non-hydrogen) atoms. The Morgan fingerprint density at radius 3 is 2.58 bits per heavy atom. The third-order valence-electron chi connectivity index (χ3n) is 3.90. The van der Waals surface area contributed by atoms with Crippen molar-refractivity contribution in [2.45, 2.75) is 0 Å². The molecule has 0 spiro atoms. The number of nitrogens with zero attached hydrogens (tertiary/aromatic N) is 3. The summed E-state index contributed by atoms with van der Waals surface area (Å²) in [6, 6.07) is 16.5. The van der Waals surface area contributed by atoms with Gasteiger partial charge >= 0.3 is 6.03 Å². The molecule has 128 valence electrons. The molecule has 2 aromatic carbocycles. The van der Waals surface area contributed by atoms with Gasteiger partial charge in [0.05, 0.1) is 11.9 Å². The van der Waals surface area contributed by atoms with Gasteiger partial charge in [-0.25, -0.2) is 14.8 Å². The van der Waals surface area contributed by atoms with E-state index in [9.17, 15) is 4.79 Å². The molecule has 0 bridgehead atoms. The molecular formula is C19H16N6O. The number of para-hydroxylation sites is 1. The number of nitrogens with two attached hydrogens (primary N) is 1. The largest absolute Gasteiger partial charge is 0.381 e. The van der Waals surface area contributed by atoms with Gasteiger partial charge in [0.2, 0.25) is 0 Å². The lowest BCUT2D eigenvalue weighted by molar-refractivity contribution is 0.262. The minimum Gasteiger partial charge on any atom is -0.381 e. The van der Waals surface area contributed by atoms with E-state index in [0.29, 0.717) is 17.2 Å². The molecule has 4 aromatic rings. The molecule has 0 aliphatic rings. The van der Waals surface area contributed by atoms with Crippen molar-refractivity contribution in [1.82, 2.24) is 14.4 Å². The molecule has 2 aromatic heterocycles. The van der Waals surface area contributed by atoms with Gasteiger partial charge in [-0.15, -0.1) is 0 Å². The Hall–Kier alpha value is -3.87. The number of nitrogen functional groups attached to an aromatic ring is 1. The molecular weight excluding hydrogens is 328 g/mol. The summed E-state index contributed by atoms with van der Waals surface area (Å²) in [5.74, 6) is 0.371. The van der Waals surface area contributed by atoms with E-state index in [1.165, 1.54) is 0 Å². The first-order valence-corrected chi connectivity index (χ1v) is 8.02. The molecule has 0 fully saturated rings. The minimum absolute atomic E-state index is 0.306. The van der Waals surface area contributed by atoms with Crippen LogP contribution in [0.2, 0.25) is 0 Å². The Balaban J connectivity index is 1.58. The van der Waals surface area contributed by atoms with Crippen molar-refractivity contribution >= 4 is 28.9 Å². The summed E-state index contributed by atoms with van der Waals surface area (Å²) < 4.78 is 1.87. The normalized spacial score (nSPS) is 10.6. The fourth-order valence-corrected chi connectivity index (χ4v) is 2.72. The number of amides is 2. The van der Waals surface area contributed by atoms with Gasteiger partial charge in [-0.05, 0) is 24.3 Å². The average Bonchev–Trinajstić information content (AvgIpc) is 3.08. The number of carbonyl (C=O) groups is 1. The second kappa shape index (κ2) is 6.56. The summed E-state index contributed by atoms with van der Waals surface area (Å²) in [6.07, 6.45) is 5.16. The summed E-state index contributed by atoms with van der Waals surface area (Å²) in [4.78, 5) is 20.5. The van der Waals surface area contributed by atoms with E-state index >= 15 is 0 Å². The molecule has 7 heteroatoms. The molecule has 2 amide bonds. The highest BCUT2D eigenvalue weighted by atomic mass is 16.2. The molecule has 0 atom stereocenters. The number of carbonyl (C=O) groups excluding carboxylic acids is 1. The molecule has 0 radical (unpaired) electrons. The Morgan fingerprint density at radius 1 is 0.962 bits per heavy atom. The molecule has 2 heterocycles. The second-order valence-corrected chi connectivity index (χ2v) is 5.68. The summed E-state index contributed by atoms with van der Waals surface area (Å²) in [6.45, 7) is 0. The molecule has 4 N–H and O–H groups in total. The average molecular weight is 344 g/mol. The van der Waals surface area contributed by atoms with Gasteiger partial charge in [-0.2, -0.15) is 0 Å². The number of nitrogens with one attached hydrogen (secondary N) is 2. The summed E-state index contributed by atoms with van der Waals surface area (Å²) in [5, 5.41) is 5.62. The first kappa shape index (κ1) is 15.6. The van der Waals surface area contributed by atoms with Gasteiger partial charge in [-0.1, -0.05) is 30.3 Å². The molecule has 0 unspecified atom stereocenters. The van der Waals surface area contributed by atoms with Gasteiger partial charge in [0.1, 0.15) is 0 Å². The van der Waals surface area contributed by atoms with Crippen LogP contribution in [0.5, 0.6) is 0 Å². The fraction of sp³-hybridized carbons (Fsp3) is 0. The summed E-state index contributed by atoms with van der Waals surface area (Å²) >= 11 is 0. The lowest BCUT2D eigenvalue weighted by Gasteiger charge is -2.09. The van der Waals surface area contributed by atoms with Crippen LogP contribution in [0.25, 0.3) is 16.9 Å². The Morgan fingerprint density at radius 2 is 1.73 bits per heavy atom. The van der Waals surface area contributed by atoms with E-state index < -0.39 is 0 Å². The number of urea groups is 1. The van der Waals surface area contributed by atoms with Crippen LogP contribution in [0.4, 0.5) is 22.0 Å². The summed E-state index contributed by atoms with van der Waals surface area (Å²) in [5.41, 5.74) is 9.62. The van der Waals surface area contributed by atoms with Crippen molar-refractivity contribution in [3.05, 3.63) is 73.2 Å². The third-order valence-corrected chi connectivity index (χ3v) is 3.90. The Bertz CT molecular complexity index is 1070. The molecule has 4 rings (SSSR count). The first-order valence-electron chi connectivity index (χ1n) is 8.02. The van der Waals surface area contributed by atoms with E-state index in [2.05, 4.69) is 20.6 Å². The number of aromatic nitrogens is 3. The third kappa shape index (κ3) is 3.05. The molecule has 0 saturated carbocycles. The zero-order valence-electron chi connectivity index (χ0n) is 13.8. The van der Waals surface area contributed by atoms with Crippen LogP contribution in [-0.4, -0.2) is 20.4 Å². The van der Waals surface area contributed by atoms with E-state index in [4.69, 9.17) is 5.73 Å². The number of imidazole rings is 1. The van der Waals surface area contributed by atoms with Gasteiger partial charge in [0, 0.05) is 29.3 Å². The lowest BCUT2D eigenvalue weighted by atomic mass is 10.1. The predicted octanol–water partition coefficient (Wildman–Crippen LogP) is 3.62. The maximum atomic E-state index is 12.2. The number of hydrogen-bond acceptors (Lipinski definition) is 4. The summed E-state index contributed by atoms with van der Waals surface area (Å²) in [7, 11) is 0. The molecule has 0 saturated heterocycles. The van der Waals surface area contributed by atoms with Crippen LogP contribution in [0.15, 0.2) is 73.2 Å². The van der Waals surface area contributed by atoms with E-state index in [1.54, 1.807) is 18.6 Å². The van der Waals surface area contributed by atoms with Crippen LogP contribution in [0, 0.1) is 0 Å².